The molecule has 4 amide bonds. The lowest BCUT2D eigenvalue weighted by molar-refractivity contribution is -0.134. The molecule has 142 valence electrons. The first-order valence-electron chi connectivity index (χ1n) is 8.97. The summed E-state index contributed by atoms with van der Waals surface area (Å²) in [5.41, 5.74) is 9.89. The third-order valence-corrected chi connectivity index (χ3v) is 5.14. The number of carbonyl (C=O) groups is 3. The first-order valence-corrected chi connectivity index (χ1v) is 8.97. The second-order valence-corrected chi connectivity index (χ2v) is 6.88. The van der Waals surface area contributed by atoms with Gasteiger partial charge < -0.3 is 5.43 Å². The highest BCUT2D eigenvalue weighted by molar-refractivity contribution is 6.28. The summed E-state index contributed by atoms with van der Waals surface area (Å²) in [6, 6.07) is 17.6. The minimum Gasteiger partial charge on any atom is -0.324 e. The summed E-state index contributed by atoms with van der Waals surface area (Å²) in [6.45, 7) is 0. The van der Waals surface area contributed by atoms with Crippen LogP contribution < -0.4 is 10.9 Å². The number of hydrogen-bond acceptors (Lipinski definition) is 5. The maximum atomic E-state index is 12.5. The van der Waals surface area contributed by atoms with Crippen LogP contribution in [-0.2, 0) is 9.59 Å². The average Bonchev–Trinajstić information content (AvgIpc) is 3.21. The lowest BCUT2D eigenvalue weighted by Crippen LogP contribution is -2.53. The summed E-state index contributed by atoms with van der Waals surface area (Å²) in [4.78, 5) is 38.7. The van der Waals surface area contributed by atoms with Crippen LogP contribution in [0.15, 0.2) is 65.9 Å². The topological polar surface area (TPSA) is 81.8 Å². The first kappa shape index (κ1) is 17.9. The molecule has 0 bridgehead atoms. The molecule has 4 rings (SSSR count). The second kappa shape index (κ2) is 6.94. The highest BCUT2D eigenvalue weighted by Crippen LogP contribution is 2.30. The van der Waals surface area contributed by atoms with Gasteiger partial charge in [0.05, 0.1) is 6.04 Å². The third-order valence-electron chi connectivity index (χ3n) is 5.14. The van der Waals surface area contributed by atoms with Crippen LogP contribution in [-0.4, -0.2) is 41.7 Å². The van der Waals surface area contributed by atoms with E-state index in [0.717, 1.165) is 26.5 Å². The number of likely N-dealkylation sites (N-methyl/N-ethyl adjacent to an activating group) is 2. The van der Waals surface area contributed by atoms with Gasteiger partial charge in [-0.15, -0.1) is 0 Å². The van der Waals surface area contributed by atoms with Crippen molar-refractivity contribution in [2.75, 3.05) is 14.1 Å². The van der Waals surface area contributed by atoms with Gasteiger partial charge in [-0.25, -0.2) is 10.2 Å². The van der Waals surface area contributed by atoms with Crippen molar-refractivity contribution in [1.82, 2.24) is 20.7 Å². The fourth-order valence-electron chi connectivity index (χ4n) is 3.47. The van der Waals surface area contributed by atoms with Gasteiger partial charge in [-0.1, -0.05) is 54.6 Å². The zero-order valence-electron chi connectivity index (χ0n) is 15.6. The van der Waals surface area contributed by atoms with E-state index < -0.39 is 17.8 Å². The quantitative estimate of drug-likeness (QED) is 0.620. The van der Waals surface area contributed by atoms with E-state index in [1.165, 1.54) is 14.1 Å². The Hall–Kier alpha value is -3.45. The van der Waals surface area contributed by atoms with Gasteiger partial charge >= 0.3 is 6.03 Å². The van der Waals surface area contributed by atoms with Gasteiger partial charge in [0.1, 0.15) is 5.57 Å². The van der Waals surface area contributed by atoms with Crippen LogP contribution in [0.25, 0.3) is 11.1 Å². The van der Waals surface area contributed by atoms with Crippen molar-refractivity contribution >= 4 is 17.8 Å². The molecule has 0 aliphatic carbocycles. The van der Waals surface area contributed by atoms with E-state index in [9.17, 15) is 14.4 Å². The molecule has 2 fully saturated rings. The van der Waals surface area contributed by atoms with Crippen LogP contribution in [0, 0.1) is 0 Å². The molecule has 2 aromatic carbocycles. The van der Waals surface area contributed by atoms with Gasteiger partial charge in [0.2, 0.25) is 0 Å². The largest absolute Gasteiger partial charge is 0.333 e. The molecule has 7 heteroatoms. The highest BCUT2D eigenvalue weighted by Gasteiger charge is 2.41. The summed E-state index contributed by atoms with van der Waals surface area (Å²) in [7, 11) is 2.74. The minimum atomic E-state index is -0.627. The summed E-state index contributed by atoms with van der Waals surface area (Å²) < 4.78 is 0. The summed E-state index contributed by atoms with van der Waals surface area (Å²) in [5, 5.41) is 0. The van der Waals surface area contributed by atoms with Gasteiger partial charge in [0, 0.05) is 26.2 Å². The van der Waals surface area contributed by atoms with Crippen molar-refractivity contribution in [3.63, 3.8) is 0 Å². The molecule has 28 heavy (non-hydrogen) atoms. The first-order chi connectivity index (χ1) is 13.5. The lowest BCUT2D eigenvalue weighted by Gasteiger charge is -2.29. The number of nitrogens with one attached hydrogen (secondary N) is 2. The summed E-state index contributed by atoms with van der Waals surface area (Å²) in [6.07, 6.45) is 0.452. The molecule has 2 aliphatic heterocycles. The molecule has 0 spiro atoms. The van der Waals surface area contributed by atoms with E-state index in [1.807, 2.05) is 30.3 Å². The number of nitrogens with zero attached hydrogens (tertiary/aromatic N) is 2. The van der Waals surface area contributed by atoms with Gasteiger partial charge in [0.25, 0.3) is 11.8 Å². The number of rotatable bonds is 2. The van der Waals surface area contributed by atoms with E-state index in [1.54, 1.807) is 0 Å². The number of carbonyl (C=O) groups excluding carboxylic acids is 3. The molecule has 7 nitrogen and oxygen atoms in total. The molecule has 2 heterocycles. The Morgan fingerprint density at radius 3 is 2.00 bits per heavy atom. The highest BCUT2D eigenvalue weighted by atomic mass is 16.2. The molecule has 2 aromatic rings. The molecular weight excluding hydrogens is 356 g/mol. The average molecular weight is 376 g/mol. The zero-order valence-corrected chi connectivity index (χ0v) is 15.6. The number of amides is 4. The molecule has 2 aliphatic rings. The van der Waals surface area contributed by atoms with Gasteiger partial charge in [-0.3, -0.25) is 19.4 Å². The second-order valence-electron chi connectivity index (χ2n) is 6.88. The normalized spacial score (nSPS) is 20.1. The SMILES string of the molecule is CN1C(=O)C(=C2CC(c3ccc(-c4ccccc4)cc3)NN2)C(=O)N(C)C1=O. The summed E-state index contributed by atoms with van der Waals surface area (Å²) >= 11 is 0. The third kappa shape index (κ3) is 2.95. The Morgan fingerprint density at radius 1 is 0.821 bits per heavy atom. The van der Waals surface area contributed by atoms with Crippen LogP contribution >= 0.6 is 0 Å². The Bertz CT molecular complexity index is 956. The maximum absolute atomic E-state index is 12.5. The molecule has 2 N–H and O–H groups in total. The molecule has 1 atom stereocenters. The Balaban J connectivity index is 1.57. The fraction of sp³-hybridized carbons (Fsp3) is 0.190. The van der Waals surface area contributed by atoms with Crippen molar-refractivity contribution in [3.05, 3.63) is 71.4 Å². The zero-order chi connectivity index (χ0) is 19.8. The molecule has 1 unspecified atom stereocenters. The molecular formula is C21H20N4O3. The van der Waals surface area contributed by atoms with Gasteiger partial charge in [-0.05, 0) is 16.7 Å². The molecule has 2 saturated heterocycles. The number of imide groups is 2. The Kier molecular flexibility index (Phi) is 4.44. The summed E-state index contributed by atoms with van der Waals surface area (Å²) in [5.74, 6) is -1.17. The van der Waals surface area contributed by atoms with E-state index in [0.29, 0.717) is 12.1 Å². The monoisotopic (exact) mass is 376 g/mol. The number of urea groups is 1. The van der Waals surface area contributed by atoms with Crippen molar-refractivity contribution in [2.24, 2.45) is 0 Å². The van der Waals surface area contributed by atoms with Crippen LogP contribution in [0.3, 0.4) is 0 Å². The standard InChI is InChI=1S/C21H20N4O3/c1-24-19(26)18(20(27)25(2)21(24)28)17-12-16(22-23-17)15-10-8-14(9-11-15)13-6-4-3-5-7-13/h3-11,16,22-23H,12H2,1-2H3. The Morgan fingerprint density at radius 2 is 1.39 bits per heavy atom. The Labute approximate surface area is 162 Å². The molecule has 0 saturated carbocycles. The van der Waals surface area contributed by atoms with E-state index in [-0.39, 0.29) is 11.6 Å². The van der Waals surface area contributed by atoms with Crippen LogP contribution in [0.1, 0.15) is 18.0 Å². The van der Waals surface area contributed by atoms with Crippen molar-refractivity contribution in [3.8, 4) is 11.1 Å². The van der Waals surface area contributed by atoms with E-state index in [2.05, 4.69) is 35.1 Å². The van der Waals surface area contributed by atoms with Crippen molar-refractivity contribution < 1.29 is 14.4 Å². The molecule has 0 radical (unpaired) electrons. The fourth-order valence-corrected chi connectivity index (χ4v) is 3.47. The predicted octanol–water partition coefficient (Wildman–Crippen LogP) is 2.20. The van der Waals surface area contributed by atoms with Gasteiger partial charge in [0.15, 0.2) is 0 Å². The van der Waals surface area contributed by atoms with Crippen LogP contribution in [0.2, 0.25) is 0 Å². The van der Waals surface area contributed by atoms with Gasteiger partial charge in [-0.2, -0.15) is 0 Å². The number of hydrogen-bond donors (Lipinski definition) is 2. The smallest absolute Gasteiger partial charge is 0.324 e. The van der Waals surface area contributed by atoms with E-state index in [4.69, 9.17) is 0 Å². The molecule has 0 aromatic heterocycles. The number of barbiturate groups is 1. The maximum Gasteiger partial charge on any atom is 0.333 e. The minimum absolute atomic E-state index is 0.000468. The van der Waals surface area contributed by atoms with Crippen molar-refractivity contribution in [2.45, 2.75) is 12.5 Å². The predicted molar refractivity (Wildman–Crippen MR) is 103 cm³/mol. The lowest BCUT2D eigenvalue weighted by atomic mass is 9.98. The number of hydrazine groups is 1. The van der Waals surface area contributed by atoms with Crippen LogP contribution in [0.4, 0.5) is 4.79 Å². The van der Waals surface area contributed by atoms with Crippen LogP contribution in [0.5, 0.6) is 0 Å². The van der Waals surface area contributed by atoms with E-state index >= 15 is 0 Å². The number of benzene rings is 2. The van der Waals surface area contributed by atoms with Crippen molar-refractivity contribution in [1.29, 1.82) is 0 Å².